The molecule has 3 aromatic carbocycles. The molecule has 4 rings (SSSR count). The Bertz CT molecular complexity index is 1470. The molecule has 0 atom stereocenters. The van der Waals surface area contributed by atoms with Crippen molar-refractivity contribution in [1.29, 1.82) is 0 Å². The molecule has 0 saturated carbocycles. The molecule has 0 aliphatic rings. The van der Waals surface area contributed by atoms with Crippen molar-refractivity contribution < 1.29 is 23.0 Å². The summed E-state index contributed by atoms with van der Waals surface area (Å²) in [6.07, 6.45) is -4.32. The van der Waals surface area contributed by atoms with Gasteiger partial charge in [-0.25, -0.2) is 4.79 Å². The van der Waals surface area contributed by atoms with Crippen LogP contribution < -0.4 is 16.0 Å². The van der Waals surface area contributed by atoms with E-state index in [0.29, 0.717) is 34.2 Å². The highest BCUT2D eigenvalue weighted by Crippen LogP contribution is 2.35. The number of aliphatic hydroxyl groups is 1. The normalized spacial score (nSPS) is 11.7. The number of aryl methyl sites for hydroxylation is 1. The fraction of sp³-hybridized carbons (Fsp3) is 0.231. The number of nitrogens with zero attached hydrogens (tertiary/aromatic N) is 1. The zero-order chi connectivity index (χ0) is 25.2. The average Bonchev–Trinajstić information content (AvgIpc) is 2.78. The summed E-state index contributed by atoms with van der Waals surface area (Å²) in [4.78, 5) is 28.8. The number of aromatic amines is 1. The number of alkyl halides is 3. The molecule has 0 fully saturated rings. The molecule has 0 amide bonds. The molecule has 9 heteroatoms. The van der Waals surface area contributed by atoms with Crippen LogP contribution >= 0.6 is 0 Å². The van der Waals surface area contributed by atoms with Crippen molar-refractivity contribution in [1.82, 2.24) is 9.55 Å². The van der Waals surface area contributed by atoms with Gasteiger partial charge >= 0.3 is 12.1 Å². The molecule has 0 spiro atoms. The number of fused-ring (bicyclic) bond motifs is 1. The van der Waals surface area contributed by atoms with Crippen LogP contribution in [-0.2, 0) is 13.0 Å². The standard InChI is InChI=1S/C26H23F3N2O4/c1-16-13-21-23(24(33)31(11-6-12-32)25(34)30-21)20(14-17-7-3-2-4-8-17)22(16)18-9-5-10-19(15-18)35-26(27,28)29/h2-5,7-10,13,15,32H,6,11-12,14H2,1H3,(H,30,34). The van der Waals surface area contributed by atoms with Gasteiger partial charge in [-0.3, -0.25) is 9.36 Å². The van der Waals surface area contributed by atoms with E-state index in [1.165, 1.54) is 18.2 Å². The van der Waals surface area contributed by atoms with Crippen molar-refractivity contribution >= 4 is 10.9 Å². The third-order valence-corrected chi connectivity index (χ3v) is 5.69. The third-order valence-electron chi connectivity index (χ3n) is 5.69. The molecule has 0 aliphatic carbocycles. The van der Waals surface area contributed by atoms with Gasteiger partial charge in [-0.2, -0.15) is 0 Å². The van der Waals surface area contributed by atoms with E-state index in [9.17, 15) is 27.9 Å². The Balaban J connectivity index is 2.02. The average molecular weight is 484 g/mol. The summed E-state index contributed by atoms with van der Waals surface area (Å²) in [5.41, 5.74) is 2.41. The van der Waals surface area contributed by atoms with Crippen molar-refractivity contribution in [2.45, 2.75) is 32.7 Å². The Hall–Kier alpha value is -3.85. The van der Waals surface area contributed by atoms with Crippen LogP contribution in [0.4, 0.5) is 13.2 Å². The molecular formula is C26H23F3N2O4. The smallest absolute Gasteiger partial charge is 0.406 e. The van der Waals surface area contributed by atoms with Crippen LogP contribution in [0, 0.1) is 6.92 Å². The second-order valence-corrected chi connectivity index (χ2v) is 8.17. The summed E-state index contributed by atoms with van der Waals surface area (Å²) in [6.45, 7) is 1.62. The van der Waals surface area contributed by atoms with Gasteiger partial charge in [0.2, 0.25) is 0 Å². The lowest BCUT2D eigenvalue weighted by atomic mass is 9.88. The second-order valence-electron chi connectivity index (χ2n) is 8.17. The fourth-order valence-electron chi connectivity index (χ4n) is 4.30. The molecule has 0 bridgehead atoms. The number of ether oxygens (including phenoxy) is 1. The van der Waals surface area contributed by atoms with Gasteiger partial charge in [0.15, 0.2) is 0 Å². The van der Waals surface area contributed by atoms with Crippen LogP contribution in [0.3, 0.4) is 0 Å². The van der Waals surface area contributed by atoms with Crippen molar-refractivity contribution in [2.24, 2.45) is 0 Å². The van der Waals surface area contributed by atoms with Crippen LogP contribution in [-0.4, -0.2) is 27.6 Å². The van der Waals surface area contributed by atoms with Crippen LogP contribution in [0.15, 0.2) is 70.3 Å². The lowest BCUT2D eigenvalue weighted by Gasteiger charge is -2.18. The summed E-state index contributed by atoms with van der Waals surface area (Å²) in [5.74, 6) is -0.373. The number of hydrogen-bond donors (Lipinski definition) is 2. The maximum Gasteiger partial charge on any atom is 0.573 e. The van der Waals surface area contributed by atoms with Crippen molar-refractivity contribution in [3.8, 4) is 16.9 Å². The number of rotatable bonds is 7. The van der Waals surface area contributed by atoms with Crippen LogP contribution in [0.1, 0.15) is 23.1 Å². The molecule has 2 N–H and O–H groups in total. The Morgan fingerprint density at radius 1 is 1.03 bits per heavy atom. The quantitative estimate of drug-likeness (QED) is 0.404. The molecular weight excluding hydrogens is 461 g/mol. The van der Waals surface area contributed by atoms with E-state index in [-0.39, 0.29) is 30.7 Å². The van der Waals surface area contributed by atoms with Crippen LogP contribution in [0.25, 0.3) is 22.0 Å². The summed E-state index contributed by atoms with van der Waals surface area (Å²) >= 11 is 0. The highest BCUT2D eigenvalue weighted by atomic mass is 19.4. The number of nitrogens with one attached hydrogen (secondary N) is 1. The maximum absolute atomic E-state index is 13.5. The molecule has 4 aromatic rings. The van der Waals surface area contributed by atoms with E-state index in [1.807, 2.05) is 30.3 Å². The van der Waals surface area contributed by atoms with Gasteiger partial charge in [-0.15, -0.1) is 13.2 Å². The lowest BCUT2D eigenvalue weighted by molar-refractivity contribution is -0.274. The lowest BCUT2D eigenvalue weighted by Crippen LogP contribution is -2.36. The SMILES string of the molecule is Cc1cc2[nH]c(=O)n(CCCO)c(=O)c2c(Cc2ccccc2)c1-c1cccc(OC(F)(F)F)c1. The monoisotopic (exact) mass is 484 g/mol. The minimum absolute atomic E-state index is 0.0313. The molecule has 1 aromatic heterocycles. The minimum Gasteiger partial charge on any atom is -0.406 e. The first-order valence-corrected chi connectivity index (χ1v) is 11.0. The highest BCUT2D eigenvalue weighted by molar-refractivity contribution is 5.91. The minimum atomic E-state index is -4.84. The Labute approximate surface area is 198 Å². The molecule has 0 unspecified atom stereocenters. The number of H-pyrrole nitrogens is 1. The molecule has 35 heavy (non-hydrogen) atoms. The molecule has 0 radical (unpaired) electrons. The van der Waals surface area contributed by atoms with Gasteiger partial charge in [0, 0.05) is 13.2 Å². The molecule has 0 aliphatic heterocycles. The fourth-order valence-corrected chi connectivity index (χ4v) is 4.30. The number of hydrogen-bond acceptors (Lipinski definition) is 4. The second kappa shape index (κ2) is 9.79. The predicted molar refractivity (Wildman–Crippen MR) is 127 cm³/mol. The zero-order valence-electron chi connectivity index (χ0n) is 18.9. The van der Waals surface area contributed by atoms with Gasteiger partial charge < -0.3 is 14.8 Å². The summed E-state index contributed by atoms with van der Waals surface area (Å²) < 4.78 is 43.7. The highest BCUT2D eigenvalue weighted by Gasteiger charge is 2.31. The van der Waals surface area contributed by atoms with Gasteiger partial charge in [-0.1, -0.05) is 42.5 Å². The van der Waals surface area contributed by atoms with E-state index < -0.39 is 17.6 Å². The van der Waals surface area contributed by atoms with E-state index in [1.54, 1.807) is 19.1 Å². The Kier molecular flexibility index (Phi) is 6.79. The van der Waals surface area contributed by atoms with Crippen molar-refractivity contribution in [2.75, 3.05) is 6.61 Å². The third kappa shape index (κ3) is 5.30. The predicted octanol–water partition coefficient (Wildman–Crippen LogP) is 4.54. The van der Waals surface area contributed by atoms with Gasteiger partial charge in [0.1, 0.15) is 5.75 Å². The number of aliphatic hydroxyl groups excluding tert-OH is 1. The van der Waals surface area contributed by atoms with Crippen molar-refractivity contribution in [3.05, 3.63) is 98.2 Å². The van der Waals surface area contributed by atoms with E-state index in [2.05, 4.69) is 9.72 Å². The largest absolute Gasteiger partial charge is 0.573 e. The Morgan fingerprint density at radius 3 is 2.46 bits per heavy atom. The van der Waals surface area contributed by atoms with Gasteiger partial charge in [0.05, 0.1) is 10.9 Å². The maximum atomic E-state index is 13.5. The number of halogens is 3. The van der Waals surface area contributed by atoms with E-state index >= 15 is 0 Å². The molecule has 6 nitrogen and oxygen atoms in total. The van der Waals surface area contributed by atoms with Gasteiger partial charge in [0.25, 0.3) is 5.56 Å². The van der Waals surface area contributed by atoms with Crippen LogP contribution in [0.2, 0.25) is 0 Å². The van der Waals surface area contributed by atoms with Crippen LogP contribution in [0.5, 0.6) is 5.75 Å². The van der Waals surface area contributed by atoms with Crippen molar-refractivity contribution in [3.63, 3.8) is 0 Å². The first kappa shape index (κ1) is 24.3. The van der Waals surface area contributed by atoms with E-state index in [0.717, 1.165) is 10.1 Å². The topological polar surface area (TPSA) is 84.3 Å². The zero-order valence-corrected chi connectivity index (χ0v) is 18.9. The summed E-state index contributed by atoms with van der Waals surface area (Å²) in [5, 5.41) is 9.46. The first-order chi connectivity index (χ1) is 16.7. The molecule has 0 saturated heterocycles. The van der Waals surface area contributed by atoms with E-state index in [4.69, 9.17) is 0 Å². The Morgan fingerprint density at radius 2 is 1.77 bits per heavy atom. The first-order valence-electron chi connectivity index (χ1n) is 11.0. The summed E-state index contributed by atoms with van der Waals surface area (Å²) in [6, 6.07) is 16.6. The van der Waals surface area contributed by atoms with Gasteiger partial charge in [-0.05, 0) is 65.8 Å². The summed E-state index contributed by atoms with van der Waals surface area (Å²) in [7, 11) is 0. The number of aromatic nitrogens is 2. The molecule has 1 heterocycles. The molecule has 182 valence electrons. The number of benzene rings is 3.